The van der Waals surface area contributed by atoms with Crippen molar-refractivity contribution in [3.8, 4) is 5.75 Å². The van der Waals surface area contributed by atoms with Gasteiger partial charge in [0.25, 0.3) is 0 Å². The minimum atomic E-state index is -4.38. The predicted octanol–water partition coefficient (Wildman–Crippen LogP) is 3.90. The van der Waals surface area contributed by atoms with E-state index in [0.29, 0.717) is 12.1 Å². The van der Waals surface area contributed by atoms with Crippen LogP contribution in [-0.2, 0) is 14.8 Å². The van der Waals surface area contributed by atoms with E-state index in [0.717, 1.165) is 26.4 Å². The van der Waals surface area contributed by atoms with E-state index in [1.165, 1.54) is 0 Å². The number of rotatable bonds is 5. The minimum Gasteiger partial charge on any atom is -0.497 e. The molecule has 6 nitrogen and oxygen atoms in total. The first-order valence-electron chi connectivity index (χ1n) is 10.6. The van der Waals surface area contributed by atoms with Gasteiger partial charge >= 0.3 is 0 Å². The second kappa shape index (κ2) is 9.27. The summed E-state index contributed by atoms with van der Waals surface area (Å²) >= 11 is 0. The normalized spacial score (nSPS) is 16.0. The second-order valence-electron chi connectivity index (χ2n) is 8.10. The zero-order valence-corrected chi connectivity index (χ0v) is 19.4. The summed E-state index contributed by atoms with van der Waals surface area (Å²) in [6, 6.07) is 12.7. The number of carbonyl (C=O) groups is 1. The number of piperazine rings is 1. The van der Waals surface area contributed by atoms with Crippen molar-refractivity contribution in [1.82, 2.24) is 9.21 Å². The highest BCUT2D eigenvalue weighted by atomic mass is 32.2. The number of ether oxygens (including phenoxy) is 1. The first-order valence-corrected chi connectivity index (χ1v) is 12.1. The Morgan fingerprint density at radius 2 is 1.56 bits per heavy atom. The fourth-order valence-corrected chi connectivity index (χ4v) is 5.53. The Morgan fingerprint density at radius 1 is 0.912 bits per heavy atom. The zero-order valence-electron chi connectivity index (χ0n) is 18.6. The molecule has 180 valence electrons. The molecule has 0 bridgehead atoms. The van der Waals surface area contributed by atoms with Crippen LogP contribution in [0.3, 0.4) is 0 Å². The lowest BCUT2D eigenvalue weighted by molar-refractivity contribution is -0.133. The molecule has 0 aliphatic carbocycles. The first-order chi connectivity index (χ1) is 16.1. The molecule has 0 unspecified atom stereocenters. The highest BCUT2D eigenvalue weighted by molar-refractivity contribution is 7.89. The van der Waals surface area contributed by atoms with E-state index in [1.807, 2.05) is 36.4 Å². The summed E-state index contributed by atoms with van der Waals surface area (Å²) in [5, 5.41) is 1.94. The largest absolute Gasteiger partial charge is 0.497 e. The second-order valence-corrected chi connectivity index (χ2v) is 10.0. The molecule has 0 saturated carbocycles. The number of carbonyl (C=O) groups excluding carboxylic acids is 1. The predicted molar refractivity (Wildman–Crippen MR) is 121 cm³/mol. The van der Waals surface area contributed by atoms with Crippen LogP contribution in [0.2, 0.25) is 0 Å². The van der Waals surface area contributed by atoms with Gasteiger partial charge in [0.1, 0.15) is 10.6 Å². The third-order valence-electron chi connectivity index (χ3n) is 6.11. The average molecular weight is 493 g/mol. The molecule has 0 radical (unpaired) electrons. The van der Waals surface area contributed by atoms with Crippen molar-refractivity contribution in [2.75, 3.05) is 33.3 Å². The van der Waals surface area contributed by atoms with Gasteiger partial charge in [-0.3, -0.25) is 4.79 Å². The molecule has 0 N–H and O–H groups in total. The van der Waals surface area contributed by atoms with Crippen LogP contribution < -0.4 is 4.74 Å². The van der Waals surface area contributed by atoms with Gasteiger partial charge in [0.05, 0.1) is 13.0 Å². The topological polar surface area (TPSA) is 66.9 Å². The Morgan fingerprint density at radius 3 is 2.24 bits per heavy atom. The van der Waals surface area contributed by atoms with Gasteiger partial charge in [-0.15, -0.1) is 0 Å². The average Bonchev–Trinajstić information content (AvgIpc) is 2.85. The summed E-state index contributed by atoms with van der Waals surface area (Å²) in [6.07, 6.45) is 0. The molecule has 1 saturated heterocycles. The molecule has 0 aromatic heterocycles. The molecule has 1 fully saturated rings. The van der Waals surface area contributed by atoms with E-state index >= 15 is 0 Å². The van der Waals surface area contributed by atoms with E-state index in [2.05, 4.69) is 0 Å². The van der Waals surface area contributed by atoms with Crippen LogP contribution in [0.25, 0.3) is 10.8 Å². The number of benzene rings is 3. The molecule has 0 spiro atoms. The number of nitrogens with zero attached hydrogens (tertiary/aromatic N) is 2. The number of amides is 1. The number of methoxy groups -OCH3 is 1. The lowest BCUT2D eigenvalue weighted by Gasteiger charge is -2.35. The maximum absolute atomic E-state index is 14.1. The molecule has 1 aliphatic heterocycles. The van der Waals surface area contributed by atoms with Crippen LogP contribution in [0.1, 0.15) is 18.4 Å². The van der Waals surface area contributed by atoms with E-state index in [-0.39, 0.29) is 32.1 Å². The maximum atomic E-state index is 14.1. The Balaban J connectivity index is 1.46. The van der Waals surface area contributed by atoms with Crippen molar-refractivity contribution in [2.24, 2.45) is 0 Å². The van der Waals surface area contributed by atoms with E-state index in [9.17, 15) is 26.4 Å². The number of sulfonamides is 1. The molecule has 10 heteroatoms. The van der Waals surface area contributed by atoms with Crippen LogP contribution in [0.4, 0.5) is 13.2 Å². The summed E-state index contributed by atoms with van der Waals surface area (Å²) in [5.74, 6) is -4.94. The van der Waals surface area contributed by atoms with Crippen LogP contribution in [0, 0.1) is 17.5 Å². The number of halogens is 3. The van der Waals surface area contributed by atoms with E-state index in [4.69, 9.17) is 4.74 Å². The fourth-order valence-electron chi connectivity index (χ4n) is 4.05. The SMILES string of the molecule is COc1ccc2cc([C@H](C)C(=O)N3CCN(S(=O)(=O)c4ccc(F)c(F)c4F)CC3)ccc2c1. The molecule has 3 aromatic carbocycles. The van der Waals surface area contributed by atoms with Gasteiger partial charge in [0.2, 0.25) is 15.9 Å². The third kappa shape index (κ3) is 4.35. The minimum absolute atomic E-state index is 0.0866. The van der Waals surface area contributed by atoms with Crippen LogP contribution in [0.15, 0.2) is 53.4 Å². The highest BCUT2D eigenvalue weighted by Crippen LogP contribution is 2.28. The summed E-state index contributed by atoms with van der Waals surface area (Å²) in [7, 11) is -2.79. The molecular weight excluding hydrogens is 469 g/mol. The Kier molecular flexibility index (Phi) is 6.55. The summed E-state index contributed by atoms with van der Waals surface area (Å²) in [6.45, 7) is 1.80. The Labute approximate surface area is 195 Å². The van der Waals surface area contributed by atoms with Gasteiger partial charge in [0, 0.05) is 26.2 Å². The molecule has 4 rings (SSSR count). The molecule has 1 aliphatic rings. The van der Waals surface area contributed by atoms with Gasteiger partial charge in [-0.05, 0) is 47.5 Å². The molecule has 1 atom stereocenters. The number of hydrogen-bond donors (Lipinski definition) is 0. The smallest absolute Gasteiger partial charge is 0.246 e. The zero-order chi connectivity index (χ0) is 24.6. The Hall–Kier alpha value is -3.11. The highest BCUT2D eigenvalue weighted by Gasteiger charge is 2.34. The quantitative estimate of drug-likeness (QED) is 0.507. The van der Waals surface area contributed by atoms with Gasteiger partial charge < -0.3 is 9.64 Å². The van der Waals surface area contributed by atoms with E-state index in [1.54, 1.807) is 18.9 Å². The van der Waals surface area contributed by atoms with Crippen LogP contribution in [0.5, 0.6) is 5.75 Å². The number of fused-ring (bicyclic) bond motifs is 1. The summed E-state index contributed by atoms with van der Waals surface area (Å²) in [5.41, 5.74) is 0.821. The van der Waals surface area contributed by atoms with E-state index < -0.39 is 38.3 Å². The molecule has 34 heavy (non-hydrogen) atoms. The summed E-state index contributed by atoms with van der Waals surface area (Å²) in [4.78, 5) is 13.7. The van der Waals surface area contributed by atoms with Gasteiger partial charge in [-0.1, -0.05) is 24.3 Å². The maximum Gasteiger partial charge on any atom is 0.246 e. The van der Waals surface area contributed by atoms with Crippen molar-refractivity contribution in [3.63, 3.8) is 0 Å². The van der Waals surface area contributed by atoms with Gasteiger partial charge in [0.15, 0.2) is 17.5 Å². The fraction of sp³-hybridized carbons (Fsp3) is 0.292. The summed E-state index contributed by atoms with van der Waals surface area (Å²) < 4.78 is 72.5. The lowest BCUT2D eigenvalue weighted by Crippen LogP contribution is -2.51. The number of hydrogen-bond acceptors (Lipinski definition) is 4. The van der Waals surface area contributed by atoms with Crippen LogP contribution in [-0.4, -0.2) is 56.8 Å². The molecular formula is C24H23F3N2O4S. The van der Waals surface area contributed by atoms with Gasteiger partial charge in [-0.25, -0.2) is 21.6 Å². The molecule has 1 heterocycles. The van der Waals surface area contributed by atoms with Crippen molar-refractivity contribution < 1.29 is 31.1 Å². The Bertz CT molecular complexity index is 1360. The first kappa shape index (κ1) is 24.0. The molecule has 3 aromatic rings. The standard InChI is InChI=1S/C24H23F3N2O4S/c1-15(16-3-4-18-14-19(33-2)6-5-17(18)13-16)24(30)28-9-11-29(12-10-28)34(31,32)21-8-7-20(25)22(26)23(21)27/h3-8,13-15H,9-12H2,1-2H3/t15-/m0/s1. The van der Waals surface area contributed by atoms with Crippen molar-refractivity contribution in [2.45, 2.75) is 17.7 Å². The van der Waals surface area contributed by atoms with Crippen molar-refractivity contribution in [3.05, 3.63) is 71.5 Å². The lowest BCUT2D eigenvalue weighted by atomic mass is 9.96. The molecule has 1 amide bonds. The van der Waals surface area contributed by atoms with Crippen LogP contribution >= 0.6 is 0 Å². The monoisotopic (exact) mass is 492 g/mol. The van der Waals surface area contributed by atoms with Crippen molar-refractivity contribution in [1.29, 1.82) is 0 Å². The third-order valence-corrected chi connectivity index (χ3v) is 8.03. The van der Waals surface area contributed by atoms with Crippen molar-refractivity contribution >= 4 is 26.7 Å². The van der Waals surface area contributed by atoms with Gasteiger partial charge in [-0.2, -0.15) is 4.31 Å².